The Bertz CT molecular complexity index is 782. The fraction of sp³-hybridized carbons (Fsp3) is 0.364. The first-order valence-electron chi connectivity index (χ1n) is 9.19. The minimum absolute atomic E-state index is 0.136. The third-order valence-corrected chi connectivity index (χ3v) is 4.42. The lowest BCUT2D eigenvalue weighted by Crippen LogP contribution is -2.48. The minimum atomic E-state index is -0.617. The van der Waals surface area contributed by atoms with Crippen LogP contribution in [0.3, 0.4) is 0 Å². The smallest absolute Gasteiger partial charge is 0.242 e. The number of nitrogens with one attached hydrogen (secondary N) is 1. The summed E-state index contributed by atoms with van der Waals surface area (Å²) in [5, 5.41) is 2.76. The summed E-state index contributed by atoms with van der Waals surface area (Å²) in [5.41, 5.74) is 3.89. The highest BCUT2D eigenvalue weighted by Crippen LogP contribution is 2.15. The minimum Gasteiger partial charge on any atom is -0.355 e. The number of aryl methyl sites for hydroxylation is 2. The molecular formula is C22H27FN2O2. The van der Waals surface area contributed by atoms with Gasteiger partial charge in [-0.3, -0.25) is 9.59 Å². The molecule has 0 heterocycles. The summed E-state index contributed by atoms with van der Waals surface area (Å²) in [4.78, 5) is 26.9. The number of benzene rings is 2. The van der Waals surface area contributed by atoms with Gasteiger partial charge in [-0.05, 0) is 51.0 Å². The van der Waals surface area contributed by atoms with Gasteiger partial charge in [-0.1, -0.05) is 41.5 Å². The molecule has 4 nitrogen and oxygen atoms in total. The zero-order chi connectivity index (χ0) is 20.0. The van der Waals surface area contributed by atoms with E-state index in [-0.39, 0.29) is 30.6 Å². The van der Waals surface area contributed by atoms with E-state index in [1.54, 1.807) is 24.0 Å². The van der Waals surface area contributed by atoms with Gasteiger partial charge in [-0.2, -0.15) is 0 Å². The molecule has 5 heteroatoms. The van der Waals surface area contributed by atoms with Crippen molar-refractivity contribution in [1.82, 2.24) is 10.2 Å². The van der Waals surface area contributed by atoms with Crippen molar-refractivity contribution in [3.8, 4) is 0 Å². The molecule has 27 heavy (non-hydrogen) atoms. The molecule has 1 N–H and O–H groups in total. The first-order valence-corrected chi connectivity index (χ1v) is 9.19. The lowest BCUT2D eigenvalue weighted by atomic mass is 10.0. The van der Waals surface area contributed by atoms with Crippen LogP contribution in [0.25, 0.3) is 0 Å². The van der Waals surface area contributed by atoms with E-state index >= 15 is 0 Å². The molecule has 0 aliphatic rings. The number of hydrogen-bond donors (Lipinski definition) is 1. The molecule has 0 bridgehead atoms. The average Bonchev–Trinajstić information content (AvgIpc) is 2.59. The van der Waals surface area contributed by atoms with Gasteiger partial charge in [0.1, 0.15) is 11.9 Å². The fourth-order valence-corrected chi connectivity index (χ4v) is 3.14. The first-order chi connectivity index (χ1) is 12.8. The topological polar surface area (TPSA) is 49.4 Å². The Hall–Kier alpha value is -2.69. The number of nitrogens with zero attached hydrogens (tertiary/aromatic N) is 1. The summed E-state index contributed by atoms with van der Waals surface area (Å²) in [6.45, 7) is 8.30. The van der Waals surface area contributed by atoms with Gasteiger partial charge in [-0.15, -0.1) is 0 Å². The molecule has 2 amide bonds. The Balaban J connectivity index is 2.24. The van der Waals surface area contributed by atoms with Crippen molar-refractivity contribution in [3.63, 3.8) is 0 Å². The van der Waals surface area contributed by atoms with Gasteiger partial charge >= 0.3 is 0 Å². The largest absolute Gasteiger partial charge is 0.355 e. The van der Waals surface area contributed by atoms with Crippen LogP contribution in [-0.2, 0) is 22.6 Å². The van der Waals surface area contributed by atoms with Crippen LogP contribution in [0.2, 0.25) is 0 Å². The van der Waals surface area contributed by atoms with Gasteiger partial charge in [0.25, 0.3) is 0 Å². The molecule has 1 atom stereocenters. The van der Waals surface area contributed by atoms with E-state index in [1.807, 2.05) is 32.9 Å². The highest BCUT2D eigenvalue weighted by molar-refractivity contribution is 5.88. The summed E-state index contributed by atoms with van der Waals surface area (Å²) >= 11 is 0. The molecule has 2 rings (SSSR count). The van der Waals surface area contributed by atoms with Crippen LogP contribution in [0.5, 0.6) is 0 Å². The maximum Gasteiger partial charge on any atom is 0.242 e. The van der Waals surface area contributed by atoms with Crippen LogP contribution in [-0.4, -0.2) is 29.3 Å². The van der Waals surface area contributed by atoms with Crippen molar-refractivity contribution < 1.29 is 14.0 Å². The van der Waals surface area contributed by atoms with Crippen LogP contribution in [0, 0.1) is 19.7 Å². The molecular weight excluding hydrogens is 343 g/mol. The second kappa shape index (κ2) is 9.31. The fourth-order valence-electron chi connectivity index (χ4n) is 3.14. The van der Waals surface area contributed by atoms with E-state index in [2.05, 4.69) is 11.4 Å². The van der Waals surface area contributed by atoms with Crippen LogP contribution < -0.4 is 5.32 Å². The molecule has 0 aliphatic heterocycles. The third-order valence-electron chi connectivity index (χ3n) is 4.42. The molecule has 144 valence electrons. The van der Waals surface area contributed by atoms with Crippen molar-refractivity contribution in [2.24, 2.45) is 0 Å². The zero-order valence-electron chi connectivity index (χ0n) is 16.4. The van der Waals surface area contributed by atoms with E-state index < -0.39 is 6.04 Å². The van der Waals surface area contributed by atoms with Crippen molar-refractivity contribution in [2.45, 2.75) is 46.7 Å². The predicted molar refractivity (Wildman–Crippen MR) is 105 cm³/mol. The Morgan fingerprint density at radius 1 is 1.04 bits per heavy atom. The van der Waals surface area contributed by atoms with E-state index in [0.717, 1.165) is 22.3 Å². The lowest BCUT2D eigenvalue weighted by Gasteiger charge is -2.29. The SMILES string of the molecule is CCNC(=O)[C@@H](C)N(Cc1ccc(F)cc1)C(=O)Cc1cc(C)cc(C)c1. The maximum atomic E-state index is 13.2. The molecule has 0 saturated heterocycles. The first kappa shape index (κ1) is 20.6. The Labute approximate surface area is 160 Å². The van der Waals surface area contributed by atoms with E-state index in [0.29, 0.717) is 6.54 Å². The van der Waals surface area contributed by atoms with Crippen LogP contribution in [0.15, 0.2) is 42.5 Å². The highest BCUT2D eigenvalue weighted by Gasteiger charge is 2.26. The Morgan fingerprint density at radius 2 is 1.63 bits per heavy atom. The molecule has 0 aromatic heterocycles. The van der Waals surface area contributed by atoms with Crippen LogP contribution in [0.1, 0.15) is 36.1 Å². The van der Waals surface area contributed by atoms with Crippen molar-refractivity contribution in [1.29, 1.82) is 0 Å². The second-order valence-electron chi connectivity index (χ2n) is 6.89. The molecule has 0 aliphatic carbocycles. The molecule has 2 aromatic rings. The normalized spacial score (nSPS) is 11.7. The predicted octanol–water partition coefficient (Wildman–Crippen LogP) is 3.54. The van der Waals surface area contributed by atoms with Gasteiger partial charge in [0.2, 0.25) is 11.8 Å². The summed E-state index contributed by atoms with van der Waals surface area (Å²) in [6.07, 6.45) is 0.216. The maximum absolute atomic E-state index is 13.2. The number of carbonyl (C=O) groups is 2. The van der Waals surface area contributed by atoms with Crippen molar-refractivity contribution >= 4 is 11.8 Å². The van der Waals surface area contributed by atoms with Gasteiger partial charge in [0.05, 0.1) is 6.42 Å². The van der Waals surface area contributed by atoms with Gasteiger partial charge < -0.3 is 10.2 Å². The summed E-state index contributed by atoms with van der Waals surface area (Å²) in [6, 6.07) is 11.4. The number of carbonyl (C=O) groups excluding carboxylic acids is 2. The monoisotopic (exact) mass is 370 g/mol. The van der Waals surface area contributed by atoms with Crippen LogP contribution >= 0.6 is 0 Å². The number of halogens is 1. The molecule has 0 radical (unpaired) electrons. The molecule has 2 aromatic carbocycles. The second-order valence-corrected chi connectivity index (χ2v) is 6.89. The van der Waals surface area contributed by atoms with Gasteiger partial charge in [-0.25, -0.2) is 4.39 Å². The standard InChI is InChI=1S/C22H27FN2O2/c1-5-24-22(27)17(4)25(14-18-6-8-20(23)9-7-18)21(26)13-19-11-15(2)10-16(3)12-19/h6-12,17H,5,13-14H2,1-4H3,(H,24,27)/t17-/m1/s1. The summed E-state index contributed by atoms with van der Waals surface area (Å²) < 4.78 is 13.2. The quantitative estimate of drug-likeness (QED) is 0.810. The molecule has 0 fully saturated rings. The number of amides is 2. The average molecular weight is 370 g/mol. The van der Waals surface area contributed by atoms with E-state index in [9.17, 15) is 14.0 Å². The number of rotatable bonds is 7. The van der Waals surface area contributed by atoms with E-state index in [4.69, 9.17) is 0 Å². The van der Waals surface area contributed by atoms with Gasteiger partial charge in [0.15, 0.2) is 0 Å². The third kappa shape index (κ3) is 5.91. The zero-order valence-corrected chi connectivity index (χ0v) is 16.4. The highest BCUT2D eigenvalue weighted by atomic mass is 19.1. The summed E-state index contributed by atoms with van der Waals surface area (Å²) in [5.74, 6) is -0.667. The van der Waals surface area contributed by atoms with Gasteiger partial charge in [0, 0.05) is 13.1 Å². The van der Waals surface area contributed by atoms with Crippen molar-refractivity contribution in [2.75, 3.05) is 6.54 Å². The summed E-state index contributed by atoms with van der Waals surface area (Å²) in [7, 11) is 0. The molecule has 0 unspecified atom stereocenters. The van der Waals surface area contributed by atoms with Crippen LogP contribution in [0.4, 0.5) is 4.39 Å². The lowest BCUT2D eigenvalue weighted by molar-refractivity contribution is -0.140. The Kier molecular flexibility index (Phi) is 7.11. The molecule has 0 spiro atoms. The Morgan fingerprint density at radius 3 is 2.19 bits per heavy atom. The molecule has 0 saturated carbocycles. The number of hydrogen-bond acceptors (Lipinski definition) is 2. The van der Waals surface area contributed by atoms with E-state index in [1.165, 1.54) is 12.1 Å². The number of likely N-dealkylation sites (N-methyl/N-ethyl adjacent to an activating group) is 1. The van der Waals surface area contributed by atoms with Crippen molar-refractivity contribution in [3.05, 3.63) is 70.5 Å².